The Morgan fingerprint density at radius 3 is 2.25 bits per heavy atom. The summed E-state index contributed by atoms with van der Waals surface area (Å²) in [5, 5.41) is 10.7. The molecular weight excluding hydrogens is 393 g/mol. The molecule has 0 aromatic carbocycles. The van der Waals surface area contributed by atoms with Gasteiger partial charge in [-0.2, -0.15) is 13.2 Å². The number of aliphatic carboxylic acids is 1. The molecule has 1 atom stereocenters. The first-order valence-corrected chi connectivity index (χ1v) is 8.11. The summed E-state index contributed by atoms with van der Waals surface area (Å²) >= 11 is 3.35. The highest BCUT2D eigenvalue weighted by atomic mass is 79.9. The highest BCUT2D eigenvalue weighted by Gasteiger charge is 2.38. The Hall–Kier alpha value is -1.26. The SMILES string of the molecule is C[C@@H](NC1CCN(C)CC1)c1ncc(Br)cn1.O=C(O)C(F)(F)F. The van der Waals surface area contributed by atoms with Gasteiger partial charge in [0.2, 0.25) is 0 Å². The smallest absolute Gasteiger partial charge is 0.475 e. The quantitative estimate of drug-likeness (QED) is 0.794. The molecule has 0 unspecified atom stereocenters. The van der Waals surface area contributed by atoms with Crippen LogP contribution in [0.2, 0.25) is 0 Å². The van der Waals surface area contributed by atoms with Crippen molar-refractivity contribution in [3.63, 3.8) is 0 Å². The number of nitrogens with one attached hydrogen (secondary N) is 1. The van der Waals surface area contributed by atoms with Gasteiger partial charge in [-0.15, -0.1) is 0 Å². The van der Waals surface area contributed by atoms with Gasteiger partial charge in [-0.05, 0) is 55.8 Å². The minimum Gasteiger partial charge on any atom is -0.475 e. The van der Waals surface area contributed by atoms with Crippen molar-refractivity contribution in [2.75, 3.05) is 20.1 Å². The Kier molecular flexibility index (Phi) is 8.04. The van der Waals surface area contributed by atoms with Gasteiger partial charge in [0.1, 0.15) is 5.82 Å². The monoisotopic (exact) mass is 412 g/mol. The van der Waals surface area contributed by atoms with Crippen LogP contribution in [0.15, 0.2) is 16.9 Å². The van der Waals surface area contributed by atoms with Crippen molar-refractivity contribution < 1.29 is 23.1 Å². The van der Waals surface area contributed by atoms with Gasteiger partial charge in [-0.1, -0.05) is 0 Å². The molecule has 0 bridgehead atoms. The van der Waals surface area contributed by atoms with E-state index in [1.54, 1.807) is 12.4 Å². The summed E-state index contributed by atoms with van der Waals surface area (Å²) in [6.45, 7) is 4.47. The van der Waals surface area contributed by atoms with E-state index in [4.69, 9.17) is 9.90 Å². The molecule has 1 aromatic heterocycles. The van der Waals surface area contributed by atoms with Gasteiger partial charge in [0.25, 0.3) is 0 Å². The van der Waals surface area contributed by atoms with Crippen molar-refractivity contribution in [2.24, 2.45) is 0 Å². The number of carboxylic acid groups (broad SMARTS) is 1. The van der Waals surface area contributed by atoms with E-state index >= 15 is 0 Å². The summed E-state index contributed by atoms with van der Waals surface area (Å²) in [6, 6.07) is 0.810. The zero-order chi connectivity index (χ0) is 18.3. The molecule has 0 amide bonds. The Morgan fingerprint density at radius 2 is 1.83 bits per heavy atom. The molecule has 6 nitrogen and oxygen atoms in total. The average Bonchev–Trinajstić information content (AvgIpc) is 2.50. The van der Waals surface area contributed by atoms with Gasteiger partial charge >= 0.3 is 12.1 Å². The van der Waals surface area contributed by atoms with Crippen molar-refractivity contribution in [1.82, 2.24) is 20.2 Å². The molecule has 1 saturated heterocycles. The van der Waals surface area contributed by atoms with Crippen LogP contribution in [0, 0.1) is 0 Å². The van der Waals surface area contributed by atoms with Crippen LogP contribution in [0.25, 0.3) is 0 Å². The van der Waals surface area contributed by atoms with Crippen LogP contribution >= 0.6 is 15.9 Å². The number of aromatic nitrogens is 2. The molecule has 0 spiro atoms. The molecule has 0 saturated carbocycles. The van der Waals surface area contributed by atoms with E-state index in [0.29, 0.717) is 6.04 Å². The number of piperidine rings is 1. The third-order valence-corrected chi connectivity index (χ3v) is 3.88. The Labute approximate surface area is 146 Å². The minimum absolute atomic E-state index is 0.219. The van der Waals surface area contributed by atoms with Gasteiger partial charge in [0.05, 0.1) is 10.5 Å². The first kappa shape index (κ1) is 20.8. The first-order chi connectivity index (χ1) is 11.1. The van der Waals surface area contributed by atoms with Gasteiger partial charge in [0, 0.05) is 18.4 Å². The summed E-state index contributed by atoms with van der Waals surface area (Å²) in [6.07, 6.45) is 0.930. The fourth-order valence-corrected chi connectivity index (χ4v) is 2.35. The normalized spacial score (nSPS) is 17.8. The van der Waals surface area contributed by atoms with Crippen molar-refractivity contribution in [3.05, 3.63) is 22.7 Å². The number of hydrogen-bond donors (Lipinski definition) is 2. The van der Waals surface area contributed by atoms with Crippen LogP contribution < -0.4 is 5.32 Å². The van der Waals surface area contributed by atoms with Crippen LogP contribution in [0.1, 0.15) is 31.6 Å². The largest absolute Gasteiger partial charge is 0.490 e. The van der Waals surface area contributed by atoms with E-state index < -0.39 is 12.1 Å². The lowest BCUT2D eigenvalue weighted by atomic mass is 10.0. The molecule has 24 heavy (non-hydrogen) atoms. The van der Waals surface area contributed by atoms with E-state index in [-0.39, 0.29) is 6.04 Å². The predicted molar refractivity (Wildman–Crippen MR) is 85.5 cm³/mol. The number of carbonyl (C=O) groups is 1. The number of nitrogens with zero attached hydrogens (tertiary/aromatic N) is 3. The van der Waals surface area contributed by atoms with Crippen molar-refractivity contribution >= 4 is 21.9 Å². The fourth-order valence-electron chi connectivity index (χ4n) is 2.15. The molecule has 1 aliphatic rings. The van der Waals surface area contributed by atoms with Crippen LogP contribution in [0.4, 0.5) is 13.2 Å². The third kappa shape index (κ3) is 7.54. The van der Waals surface area contributed by atoms with E-state index in [2.05, 4.69) is 50.1 Å². The minimum atomic E-state index is -5.08. The topological polar surface area (TPSA) is 78.3 Å². The molecule has 2 heterocycles. The maximum absolute atomic E-state index is 10.6. The van der Waals surface area contributed by atoms with Crippen molar-refractivity contribution in [2.45, 2.75) is 38.0 Å². The molecule has 0 radical (unpaired) electrons. The van der Waals surface area contributed by atoms with Crippen LogP contribution in [-0.4, -0.2) is 58.3 Å². The van der Waals surface area contributed by atoms with E-state index in [9.17, 15) is 13.2 Å². The van der Waals surface area contributed by atoms with Crippen molar-refractivity contribution in [3.8, 4) is 0 Å². The maximum atomic E-state index is 10.6. The zero-order valence-electron chi connectivity index (χ0n) is 13.3. The van der Waals surface area contributed by atoms with Gasteiger partial charge in [-0.25, -0.2) is 14.8 Å². The molecule has 1 fully saturated rings. The van der Waals surface area contributed by atoms with Crippen molar-refractivity contribution in [1.29, 1.82) is 0 Å². The third-order valence-electron chi connectivity index (χ3n) is 3.47. The number of carboxylic acids is 1. The second-order valence-electron chi connectivity index (χ2n) is 5.53. The molecule has 1 aromatic rings. The highest BCUT2D eigenvalue weighted by molar-refractivity contribution is 9.10. The number of halogens is 4. The second kappa shape index (κ2) is 9.28. The standard InChI is InChI=1S/C12H19BrN4.C2HF3O2/c1-9(12-14-7-10(13)8-15-12)16-11-3-5-17(2)6-4-11;3-2(4,5)1(6)7/h7-9,11,16H,3-6H2,1-2H3;(H,6,7)/t9-;/m1./s1. The zero-order valence-corrected chi connectivity index (χ0v) is 14.9. The average molecular weight is 413 g/mol. The Morgan fingerprint density at radius 1 is 1.38 bits per heavy atom. The molecule has 1 aliphatic heterocycles. The summed E-state index contributed by atoms with van der Waals surface area (Å²) in [7, 11) is 2.18. The summed E-state index contributed by atoms with van der Waals surface area (Å²) < 4.78 is 32.7. The maximum Gasteiger partial charge on any atom is 0.490 e. The molecular formula is C14H20BrF3N4O2. The number of likely N-dealkylation sites (tertiary alicyclic amines) is 1. The van der Waals surface area contributed by atoms with Gasteiger partial charge in [0.15, 0.2) is 0 Å². The Bertz CT molecular complexity index is 520. The Balaban J connectivity index is 0.000000351. The molecule has 136 valence electrons. The molecule has 0 aliphatic carbocycles. The fraction of sp³-hybridized carbons (Fsp3) is 0.643. The van der Waals surface area contributed by atoms with Gasteiger partial charge in [-0.3, -0.25) is 0 Å². The van der Waals surface area contributed by atoms with Crippen LogP contribution in [-0.2, 0) is 4.79 Å². The van der Waals surface area contributed by atoms with E-state index in [1.165, 1.54) is 25.9 Å². The van der Waals surface area contributed by atoms with Gasteiger partial charge < -0.3 is 15.3 Å². The van der Waals surface area contributed by atoms with E-state index in [1.807, 2.05) is 0 Å². The van der Waals surface area contributed by atoms with Crippen LogP contribution in [0.5, 0.6) is 0 Å². The predicted octanol–water partition coefficient (Wildman–Crippen LogP) is 2.62. The highest BCUT2D eigenvalue weighted by Crippen LogP contribution is 2.15. The number of alkyl halides is 3. The lowest BCUT2D eigenvalue weighted by molar-refractivity contribution is -0.192. The first-order valence-electron chi connectivity index (χ1n) is 7.31. The number of hydrogen-bond acceptors (Lipinski definition) is 5. The molecule has 2 rings (SSSR count). The molecule has 10 heteroatoms. The van der Waals surface area contributed by atoms with E-state index in [0.717, 1.165) is 10.3 Å². The summed E-state index contributed by atoms with van der Waals surface area (Å²) in [5.41, 5.74) is 0. The number of rotatable bonds is 3. The second-order valence-corrected chi connectivity index (χ2v) is 6.44. The lowest BCUT2D eigenvalue weighted by Crippen LogP contribution is -2.42. The summed E-state index contributed by atoms with van der Waals surface area (Å²) in [5.74, 6) is -1.89. The van der Waals surface area contributed by atoms with Crippen LogP contribution in [0.3, 0.4) is 0 Å². The summed E-state index contributed by atoms with van der Waals surface area (Å²) in [4.78, 5) is 19.9. The lowest BCUT2D eigenvalue weighted by Gasteiger charge is -2.31. The molecule has 2 N–H and O–H groups in total.